The number of carbonyl (C=O) groups is 1. The zero-order valence-corrected chi connectivity index (χ0v) is 10.9. The van der Waals surface area contributed by atoms with Gasteiger partial charge in [-0.25, -0.2) is 8.78 Å². The zero-order valence-electron chi connectivity index (χ0n) is 10.2. The standard InChI is InChI=1S/C14H9ClF2N2O/c15-8-1-3-10(4-2-8)19-7-13(20)18-14-11(17)5-9(16)6-12(14)19/h1-6H,7H2,(H,18,20). The van der Waals surface area contributed by atoms with Crippen LogP contribution in [-0.4, -0.2) is 12.5 Å². The van der Waals surface area contributed by atoms with E-state index >= 15 is 0 Å². The third-order valence-electron chi connectivity index (χ3n) is 3.03. The molecular weight excluding hydrogens is 286 g/mol. The fraction of sp³-hybridized carbons (Fsp3) is 0.0714. The molecule has 3 nitrogen and oxygen atoms in total. The average Bonchev–Trinajstić information content (AvgIpc) is 2.40. The number of carbonyl (C=O) groups excluding carboxylic acids is 1. The van der Waals surface area contributed by atoms with Crippen molar-refractivity contribution in [1.29, 1.82) is 0 Å². The minimum absolute atomic E-state index is 0.0161. The van der Waals surface area contributed by atoms with E-state index in [-0.39, 0.29) is 23.8 Å². The van der Waals surface area contributed by atoms with Gasteiger partial charge in [0, 0.05) is 16.8 Å². The second kappa shape index (κ2) is 4.76. The van der Waals surface area contributed by atoms with Gasteiger partial charge in [0.2, 0.25) is 5.91 Å². The number of hydrogen-bond donors (Lipinski definition) is 1. The van der Waals surface area contributed by atoms with E-state index in [0.29, 0.717) is 10.7 Å². The van der Waals surface area contributed by atoms with Crippen LogP contribution in [0, 0.1) is 11.6 Å². The summed E-state index contributed by atoms with van der Waals surface area (Å²) in [6, 6.07) is 8.61. The summed E-state index contributed by atoms with van der Waals surface area (Å²) in [5.41, 5.74) is 0.900. The van der Waals surface area contributed by atoms with E-state index in [4.69, 9.17) is 11.6 Å². The molecule has 6 heteroatoms. The van der Waals surface area contributed by atoms with Crippen molar-refractivity contribution in [2.24, 2.45) is 0 Å². The quantitative estimate of drug-likeness (QED) is 0.869. The molecule has 102 valence electrons. The molecule has 0 spiro atoms. The molecule has 0 aromatic heterocycles. The van der Waals surface area contributed by atoms with E-state index in [1.807, 2.05) is 0 Å². The van der Waals surface area contributed by atoms with E-state index < -0.39 is 11.6 Å². The largest absolute Gasteiger partial charge is 0.330 e. The first-order valence-corrected chi connectivity index (χ1v) is 6.24. The van der Waals surface area contributed by atoms with Crippen LogP contribution in [0.25, 0.3) is 0 Å². The molecule has 1 heterocycles. The monoisotopic (exact) mass is 294 g/mol. The number of hydrogen-bond acceptors (Lipinski definition) is 2. The Labute approximate surface area is 118 Å². The lowest BCUT2D eigenvalue weighted by molar-refractivity contribution is -0.115. The Hall–Kier alpha value is -2.14. The summed E-state index contributed by atoms with van der Waals surface area (Å²) in [5, 5.41) is 2.96. The summed E-state index contributed by atoms with van der Waals surface area (Å²) in [5.74, 6) is -1.86. The van der Waals surface area contributed by atoms with Crippen molar-refractivity contribution in [3.63, 3.8) is 0 Å². The number of anilines is 3. The zero-order chi connectivity index (χ0) is 14.3. The molecule has 0 unspecified atom stereocenters. The van der Waals surface area contributed by atoms with Gasteiger partial charge in [-0.2, -0.15) is 0 Å². The van der Waals surface area contributed by atoms with Crippen molar-refractivity contribution in [2.75, 3.05) is 16.8 Å². The summed E-state index contributed by atoms with van der Waals surface area (Å²) >= 11 is 5.81. The Morgan fingerprint density at radius 2 is 1.85 bits per heavy atom. The van der Waals surface area contributed by atoms with Gasteiger partial charge in [-0.1, -0.05) is 11.6 Å². The molecule has 0 saturated heterocycles. The highest BCUT2D eigenvalue weighted by atomic mass is 35.5. The SMILES string of the molecule is O=C1CN(c2ccc(Cl)cc2)c2cc(F)cc(F)c2N1. The average molecular weight is 295 g/mol. The van der Waals surface area contributed by atoms with E-state index in [1.165, 1.54) is 11.0 Å². The summed E-state index contributed by atoms with van der Waals surface area (Å²) in [6.07, 6.45) is 0. The van der Waals surface area contributed by atoms with Crippen LogP contribution in [0.15, 0.2) is 36.4 Å². The van der Waals surface area contributed by atoms with Gasteiger partial charge in [0.25, 0.3) is 0 Å². The van der Waals surface area contributed by atoms with Gasteiger partial charge in [0.05, 0.1) is 5.69 Å². The third-order valence-corrected chi connectivity index (χ3v) is 3.28. The first kappa shape index (κ1) is 12.9. The molecule has 0 fully saturated rings. The molecule has 0 saturated carbocycles. The van der Waals surface area contributed by atoms with Crippen LogP contribution in [0.1, 0.15) is 0 Å². The molecule has 3 rings (SSSR count). The Bertz CT molecular complexity index is 688. The topological polar surface area (TPSA) is 32.3 Å². The van der Waals surface area contributed by atoms with Crippen LogP contribution < -0.4 is 10.2 Å². The van der Waals surface area contributed by atoms with Crippen molar-refractivity contribution < 1.29 is 13.6 Å². The highest BCUT2D eigenvalue weighted by Crippen LogP contribution is 2.37. The first-order valence-electron chi connectivity index (χ1n) is 5.86. The van der Waals surface area contributed by atoms with Crippen molar-refractivity contribution >= 4 is 34.6 Å². The minimum atomic E-state index is -0.799. The van der Waals surface area contributed by atoms with Crippen LogP contribution in [0.4, 0.5) is 25.8 Å². The molecule has 2 aromatic rings. The summed E-state index contributed by atoms with van der Waals surface area (Å²) in [6.45, 7) is -0.0163. The molecular formula is C14H9ClF2N2O. The van der Waals surface area contributed by atoms with Gasteiger partial charge >= 0.3 is 0 Å². The van der Waals surface area contributed by atoms with Crippen LogP contribution in [0.5, 0.6) is 0 Å². The predicted octanol–water partition coefficient (Wildman–Crippen LogP) is 3.71. The number of rotatable bonds is 1. The van der Waals surface area contributed by atoms with Gasteiger partial charge in [0.1, 0.15) is 18.0 Å². The minimum Gasteiger partial charge on any atom is -0.330 e. The van der Waals surface area contributed by atoms with Gasteiger partial charge in [-0.05, 0) is 30.3 Å². The summed E-state index contributed by atoms with van der Waals surface area (Å²) < 4.78 is 27.2. The maximum Gasteiger partial charge on any atom is 0.244 e. The number of halogens is 3. The number of fused-ring (bicyclic) bond motifs is 1. The molecule has 1 aliphatic heterocycles. The Morgan fingerprint density at radius 3 is 2.55 bits per heavy atom. The molecule has 1 aliphatic rings. The van der Waals surface area contributed by atoms with E-state index in [2.05, 4.69) is 5.32 Å². The lowest BCUT2D eigenvalue weighted by atomic mass is 10.1. The van der Waals surface area contributed by atoms with Crippen molar-refractivity contribution in [3.8, 4) is 0 Å². The molecule has 0 aliphatic carbocycles. The fourth-order valence-corrected chi connectivity index (χ4v) is 2.28. The molecule has 20 heavy (non-hydrogen) atoms. The molecule has 1 amide bonds. The van der Waals surface area contributed by atoms with Crippen LogP contribution in [-0.2, 0) is 4.79 Å². The highest BCUT2D eigenvalue weighted by molar-refractivity contribution is 6.30. The lowest BCUT2D eigenvalue weighted by Crippen LogP contribution is -2.35. The van der Waals surface area contributed by atoms with Gasteiger partial charge in [-0.15, -0.1) is 0 Å². The van der Waals surface area contributed by atoms with E-state index in [0.717, 1.165) is 6.07 Å². The van der Waals surface area contributed by atoms with Crippen LogP contribution in [0.2, 0.25) is 5.02 Å². The Balaban J connectivity index is 2.14. The number of amides is 1. The molecule has 2 aromatic carbocycles. The van der Waals surface area contributed by atoms with Gasteiger partial charge < -0.3 is 10.2 Å². The highest BCUT2D eigenvalue weighted by Gasteiger charge is 2.26. The summed E-state index contributed by atoms with van der Waals surface area (Å²) in [4.78, 5) is 13.2. The smallest absolute Gasteiger partial charge is 0.244 e. The summed E-state index contributed by atoms with van der Waals surface area (Å²) in [7, 11) is 0. The van der Waals surface area contributed by atoms with Gasteiger partial charge in [0.15, 0.2) is 5.82 Å². The second-order valence-corrected chi connectivity index (χ2v) is 4.83. The maximum absolute atomic E-state index is 13.8. The first-order chi connectivity index (χ1) is 9.54. The van der Waals surface area contributed by atoms with Crippen LogP contribution >= 0.6 is 11.6 Å². The van der Waals surface area contributed by atoms with Crippen molar-refractivity contribution in [2.45, 2.75) is 0 Å². The van der Waals surface area contributed by atoms with Crippen molar-refractivity contribution in [3.05, 3.63) is 53.1 Å². The fourth-order valence-electron chi connectivity index (χ4n) is 2.16. The second-order valence-electron chi connectivity index (χ2n) is 4.39. The molecule has 0 radical (unpaired) electrons. The Kier molecular flexibility index (Phi) is 3.06. The maximum atomic E-state index is 13.8. The van der Waals surface area contributed by atoms with Crippen molar-refractivity contribution in [1.82, 2.24) is 0 Å². The van der Waals surface area contributed by atoms with E-state index in [1.54, 1.807) is 24.3 Å². The molecule has 0 bridgehead atoms. The third kappa shape index (κ3) is 2.20. The Morgan fingerprint density at radius 1 is 1.15 bits per heavy atom. The number of benzene rings is 2. The number of nitrogens with zero attached hydrogens (tertiary/aromatic N) is 1. The lowest BCUT2D eigenvalue weighted by Gasteiger charge is -2.31. The molecule has 1 N–H and O–H groups in total. The number of nitrogens with one attached hydrogen (secondary N) is 1. The van der Waals surface area contributed by atoms with Gasteiger partial charge in [-0.3, -0.25) is 4.79 Å². The predicted molar refractivity (Wildman–Crippen MR) is 73.4 cm³/mol. The van der Waals surface area contributed by atoms with Crippen LogP contribution in [0.3, 0.4) is 0 Å². The molecule has 0 atom stereocenters. The normalized spacial score (nSPS) is 13.9. The van der Waals surface area contributed by atoms with E-state index in [9.17, 15) is 13.6 Å².